The Hall–Kier alpha value is -5.00. The Morgan fingerprint density at radius 2 is 1.80 bits per heavy atom. The maximum atomic E-state index is 13.4. The van der Waals surface area contributed by atoms with Gasteiger partial charge in [0.05, 0.1) is 27.8 Å². The second-order valence-corrected chi connectivity index (χ2v) is 11.9. The molecule has 2 amide bonds. The van der Waals surface area contributed by atoms with Gasteiger partial charge in [0.15, 0.2) is 0 Å². The lowest BCUT2D eigenvalue weighted by Crippen LogP contribution is -2.46. The highest BCUT2D eigenvalue weighted by molar-refractivity contribution is 6.23. The van der Waals surface area contributed by atoms with Gasteiger partial charge in [0.25, 0.3) is 17.4 Å². The SMILES string of the molecule is Cc1ccc2ccccc2c1OCC(O)CNc1cc[nH]c(=O)c1-c1nc2cc3c(cc2[nH]1)C(=O)N(C1CCN(C)CC1)C3=O. The molecule has 0 saturated carbocycles. The highest BCUT2D eigenvalue weighted by Gasteiger charge is 2.41. The van der Waals surface area contributed by atoms with Gasteiger partial charge < -0.3 is 30.0 Å². The van der Waals surface area contributed by atoms with E-state index in [4.69, 9.17) is 4.74 Å². The highest BCUT2D eigenvalue weighted by Crippen LogP contribution is 2.33. The van der Waals surface area contributed by atoms with E-state index in [2.05, 4.69) is 25.2 Å². The van der Waals surface area contributed by atoms with Crippen LogP contribution < -0.4 is 15.6 Å². The first-order valence-electron chi connectivity index (χ1n) is 15.1. The van der Waals surface area contributed by atoms with Crippen LogP contribution in [0, 0.1) is 6.92 Å². The molecule has 4 N–H and O–H groups in total. The average molecular weight is 607 g/mol. The molecule has 3 aromatic carbocycles. The van der Waals surface area contributed by atoms with E-state index in [0.29, 0.717) is 27.8 Å². The molecule has 7 rings (SSSR count). The number of aliphatic hydroxyl groups is 1. The minimum atomic E-state index is -0.876. The summed E-state index contributed by atoms with van der Waals surface area (Å²) in [6, 6.07) is 16.8. The minimum Gasteiger partial charge on any atom is -0.490 e. The van der Waals surface area contributed by atoms with Gasteiger partial charge in [0.2, 0.25) is 0 Å². The molecule has 2 aliphatic rings. The zero-order chi connectivity index (χ0) is 31.2. The Bertz CT molecular complexity index is 1960. The van der Waals surface area contributed by atoms with Crippen LogP contribution in [-0.2, 0) is 0 Å². The molecular weight excluding hydrogens is 572 g/mol. The number of likely N-dealkylation sites (tertiary alicyclic amines) is 1. The number of pyridine rings is 1. The fourth-order valence-electron chi connectivity index (χ4n) is 6.34. The van der Waals surface area contributed by atoms with Crippen molar-refractivity contribution in [2.45, 2.75) is 31.9 Å². The maximum Gasteiger partial charge on any atom is 0.261 e. The summed E-state index contributed by atoms with van der Waals surface area (Å²) in [6.07, 6.45) is 2.14. The van der Waals surface area contributed by atoms with Crippen molar-refractivity contribution in [3.8, 4) is 17.1 Å². The van der Waals surface area contributed by atoms with Gasteiger partial charge >= 0.3 is 0 Å². The number of piperidine rings is 1. The number of nitrogens with zero attached hydrogens (tertiary/aromatic N) is 3. The largest absolute Gasteiger partial charge is 0.490 e. The number of amides is 2. The number of hydrogen-bond donors (Lipinski definition) is 4. The van der Waals surface area contributed by atoms with Crippen LogP contribution in [0.25, 0.3) is 33.2 Å². The van der Waals surface area contributed by atoms with Crippen molar-refractivity contribution in [1.29, 1.82) is 0 Å². The van der Waals surface area contributed by atoms with Crippen LogP contribution in [0.3, 0.4) is 0 Å². The third-order valence-corrected chi connectivity index (χ3v) is 8.80. The van der Waals surface area contributed by atoms with E-state index >= 15 is 0 Å². The van der Waals surface area contributed by atoms with Crippen molar-refractivity contribution in [2.75, 3.05) is 38.6 Å². The first kappa shape index (κ1) is 28.8. The molecule has 1 saturated heterocycles. The predicted octanol–water partition coefficient (Wildman–Crippen LogP) is 3.92. The van der Waals surface area contributed by atoms with E-state index in [1.807, 2.05) is 50.4 Å². The highest BCUT2D eigenvalue weighted by atomic mass is 16.5. The monoisotopic (exact) mass is 606 g/mol. The van der Waals surface area contributed by atoms with E-state index in [9.17, 15) is 19.5 Å². The lowest BCUT2D eigenvalue weighted by Gasteiger charge is -2.33. The van der Waals surface area contributed by atoms with Crippen LogP contribution in [0.1, 0.15) is 39.1 Å². The van der Waals surface area contributed by atoms with Gasteiger partial charge in [-0.05, 0) is 69.1 Å². The normalized spacial score (nSPS) is 16.5. The third kappa shape index (κ3) is 5.23. The third-order valence-electron chi connectivity index (χ3n) is 8.80. The van der Waals surface area contributed by atoms with E-state index in [1.54, 1.807) is 18.2 Å². The number of aromatic nitrogens is 3. The van der Waals surface area contributed by atoms with Crippen molar-refractivity contribution in [3.63, 3.8) is 0 Å². The molecule has 0 aliphatic carbocycles. The molecule has 0 spiro atoms. The number of ether oxygens (including phenoxy) is 1. The Balaban J connectivity index is 1.09. The van der Waals surface area contributed by atoms with Crippen LogP contribution in [0.15, 0.2) is 65.6 Å². The number of carbonyl (C=O) groups excluding carboxylic acids is 2. The number of aryl methyl sites for hydroxylation is 1. The molecular formula is C34H34N6O5. The van der Waals surface area contributed by atoms with Crippen molar-refractivity contribution < 1.29 is 19.4 Å². The second-order valence-electron chi connectivity index (χ2n) is 11.9. The van der Waals surface area contributed by atoms with Gasteiger partial charge in [-0.2, -0.15) is 0 Å². The lowest BCUT2D eigenvalue weighted by molar-refractivity contribution is 0.0516. The Morgan fingerprint density at radius 3 is 2.60 bits per heavy atom. The summed E-state index contributed by atoms with van der Waals surface area (Å²) in [5.74, 6) is 0.412. The standard InChI is InChI=1S/C34H34N6O5/c1-19-7-8-20-5-3-4-6-23(20)30(19)45-18-22(41)17-36-26-9-12-35-32(42)29(26)31-37-27-15-24-25(16-28(27)38-31)34(44)40(33(24)43)21-10-13-39(2)14-11-21/h3-9,12,15-16,21-22,41H,10-11,13-14,17-18H2,1-2H3,(H,37,38)(H2,35,36,42). The fourth-order valence-corrected chi connectivity index (χ4v) is 6.34. The van der Waals surface area contributed by atoms with Crippen LogP contribution in [-0.4, -0.2) is 87.1 Å². The van der Waals surface area contributed by atoms with E-state index in [-0.39, 0.29) is 48.0 Å². The minimum absolute atomic E-state index is 0.0488. The first-order chi connectivity index (χ1) is 21.8. The van der Waals surface area contributed by atoms with Crippen LogP contribution in [0.2, 0.25) is 0 Å². The van der Waals surface area contributed by atoms with E-state index in [0.717, 1.165) is 48.0 Å². The average Bonchev–Trinajstić information content (AvgIpc) is 3.56. The van der Waals surface area contributed by atoms with Gasteiger partial charge in [0.1, 0.15) is 29.8 Å². The number of carbonyl (C=O) groups is 2. The molecule has 5 aromatic rings. The summed E-state index contributed by atoms with van der Waals surface area (Å²) in [4.78, 5) is 53.8. The van der Waals surface area contributed by atoms with Crippen LogP contribution >= 0.6 is 0 Å². The molecule has 4 heterocycles. The van der Waals surface area contributed by atoms with Gasteiger partial charge in [-0.25, -0.2) is 4.98 Å². The number of rotatable bonds is 8. The van der Waals surface area contributed by atoms with E-state index < -0.39 is 6.10 Å². The smallest absolute Gasteiger partial charge is 0.261 e. The number of aliphatic hydroxyl groups excluding tert-OH is 1. The molecule has 230 valence electrons. The molecule has 2 aromatic heterocycles. The van der Waals surface area contributed by atoms with Crippen molar-refractivity contribution in [2.24, 2.45) is 0 Å². The molecule has 1 atom stereocenters. The molecule has 11 nitrogen and oxygen atoms in total. The van der Waals surface area contributed by atoms with Crippen LogP contribution in [0.4, 0.5) is 5.69 Å². The Kier molecular flexibility index (Phi) is 7.34. The quantitative estimate of drug-likeness (QED) is 0.195. The van der Waals surface area contributed by atoms with Gasteiger partial charge in [0, 0.05) is 24.2 Å². The van der Waals surface area contributed by atoms with Crippen molar-refractivity contribution >= 4 is 39.3 Å². The summed E-state index contributed by atoms with van der Waals surface area (Å²) in [5, 5.41) is 16.0. The first-order valence-corrected chi connectivity index (χ1v) is 15.1. The molecule has 0 bridgehead atoms. The van der Waals surface area contributed by atoms with E-state index in [1.165, 1.54) is 11.1 Å². The zero-order valence-corrected chi connectivity index (χ0v) is 25.1. The molecule has 2 aliphatic heterocycles. The number of hydrogen-bond acceptors (Lipinski definition) is 8. The second kappa shape index (κ2) is 11.5. The summed E-state index contributed by atoms with van der Waals surface area (Å²) in [5.41, 5.74) is 2.99. The van der Waals surface area contributed by atoms with Gasteiger partial charge in [-0.3, -0.25) is 19.3 Å². The molecule has 1 unspecified atom stereocenters. The summed E-state index contributed by atoms with van der Waals surface area (Å²) in [7, 11) is 2.04. The van der Waals surface area contributed by atoms with Gasteiger partial charge in [-0.1, -0.05) is 36.4 Å². The molecule has 11 heteroatoms. The molecule has 1 fully saturated rings. The Labute approximate surface area is 258 Å². The Morgan fingerprint density at radius 1 is 1.04 bits per heavy atom. The number of aromatic amines is 2. The summed E-state index contributed by atoms with van der Waals surface area (Å²) in [6.45, 7) is 3.80. The fraction of sp³-hybridized carbons (Fsp3) is 0.294. The zero-order valence-electron chi connectivity index (χ0n) is 25.1. The molecule has 45 heavy (non-hydrogen) atoms. The molecule has 0 radical (unpaired) electrons. The number of anilines is 1. The van der Waals surface area contributed by atoms with Crippen molar-refractivity contribution in [1.82, 2.24) is 24.8 Å². The van der Waals surface area contributed by atoms with Gasteiger partial charge in [-0.15, -0.1) is 0 Å². The number of imidazole rings is 1. The van der Waals surface area contributed by atoms with Crippen LogP contribution in [0.5, 0.6) is 5.75 Å². The number of nitrogens with one attached hydrogen (secondary N) is 3. The topological polar surface area (TPSA) is 144 Å². The predicted molar refractivity (Wildman–Crippen MR) is 172 cm³/mol. The number of benzene rings is 3. The number of H-pyrrole nitrogens is 2. The maximum absolute atomic E-state index is 13.4. The lowest BCUT2D eigenvalue weighted by atomic mass is 10.0. The number of fused-ring (bicyclic) bond motifs is 3. The summed E-state index contributed by atoms with van der Waals surface area (Å²) < 4.78 is 6.05. The summed E-state index contributed by atoms with van der Waals surface area (Å²) >= 11 is 0. The van der Waals surface area contributed by atoms with Crippen molar-refractivity contribution in [3.05, 3.63) is 87.8 Å². The number of imide groups is 1.